The van der Waals surface area contributed by atoms with Gasteiger partial charge in [0.2, 0.25) is 0 Å². The smallest absolute Gasteiger partial charge is 0.282 e. The van der Waals surface area contributed by atoms with E-state index in [9.17, 15) is 9.59 Å². The molecule has 0 radical (unpaired) electrons. The average Bonchev–Trinajstić information content (AvgIpc) is 2.93. The van der Waals surface area contributed by atoms with Crippen molar-refractivity contribution in [3.8, 4) is 0 Å². The highest BCUT2D eigenvalue weighted by Gasteiger charge is 2.43. The Kier molecular flexibility index (Phi) is 5.65. The number of hydrogen-bond donors (Lipinski definition) is 0. The lowest BCUT2D eigenvalue weighted by Crippen LogP contribution is -2.39. The van der Waals surface area contributed by atoms with E-state index in [1.54, 1.807) is 18.2 Å². The van der Waals surface area contributed by atoms with Gasteiger partial charge in [0.1, 0.15) is 5.70 Å². The first-order chi connectivity index (χ1) is 14.3. The van der Waals surface area contributed by atoms with Crippen LogP contribution in [0.1, 0.15) is 36.5 Å². The van der Waals surface area contributed by atoms with Crippen LogP contribution in [0.5, 0.6) is 0 Å². The number of hydrogen-bond acceptors (Lipinski definition) is 3. The Hall–Kier alpha value is -2.30. The van der Waals surface area contributed by atoms with E-state index in [4.69, 9.17) is 23.2 Å². The van der Waals surface area contributed by atoms with Crippen LogP contribution in [0.25, 0.3) is 5.57 Å². The molecule has 0 aromatic heterocycles. The van der Waals surface area contributed by atoms with Gasteiger partial charge in [-0.15, -0.1) is 0 Å². The van der Waals surface area contributed by atoms with Crippen molar-refractivity contribution in [2.24, 2.45) is 5.92 Å². The van der Waals surface area contributed by atoms with Crippen molar-refractivity contribution in [2.45, 2.75) is 33.6 Å². The normalized spacial score (nSPS) is 19.8. The molecule has 4 rings (SSSR count). The summed E-state index contributed by atoms with van der Waals surface area (Å²) in [4.78, 5) is 30.5. The van der Waals surface area contributed by atoms with Gasteiger partial charge in [0.05, 0.1) is 11.3 Å². The molecule has 0 aliphatic carbocycles. The third-order valence-electron chi connectivity index (χ3n) is 5.93. The molecule has 1 atom stereocenters. The summed E-state index contributed by atoms with van der Waals surface area (Å²) in [5.74, 6) is -0.194. The Morgan fingerprint density at radius 3 is 2.27 bits per heavy atom. The van der Waals surface area contributed by atoms with Crippen LogP contribution >= 0.6 is 23.2 Å². The third-order valence-corrected chi connectivity index (χ3v) is 6.37. The molecule has 2 amide bonds. The van der Waals surface area contributed by atoms with Crippen molar-refractivity contribution in [1.29, 1.82) is 0 Å². The number of rotatable bonds is 3. The summed E-state index contributed by atoms with van der Waals surface area (Å²) in [6.07, 6.45) is 2.12. The molecule has 4 nitrogen and oxygen atoms in total. The molecule has 1 unspecified atom stereocenters. The topological polar surface area (TPSA) is 40.6 Å². The molecule has 0 bridgehead atoms. The number of piperidine rings is 1. The lowest BCUT2D eigenvalue weighted by molar-refractivity contribution is -0.120. The molecule has 1 saturated heterocycles. The predicted molar refractivity (Wildman–Crippen MR) is 122 cm³/mol. The summed E-state index contributed by atoms with van der Waals surface area (Å²) < 4.78 is 0. The fourth-order valence-electron chi connectivity index (χ4n) is 4.26. The van der Waals surface area contributed by atoms with Crippen molar-refractivity contribution in [3.63, 3.8) is 0 Å². The van der Waals surface area contributed by atoms with Gasteiger partial charge in [-0.3, -0.25) is 9.59 Å². The Morgan fingerprint density at radius 2 is 1.63 bits per heavy atom. The highest BCUT2D eigenvalue weighted by molar-refractivity contribution is 6.46. The number of aryl methyl sites for hydroxylation is 2. The van der Waals surface area contributed by atoms with Gasteiger partial charge in [-0.25, -0.2) is 4.90 Å². The molecule has 2 aliphatic rings. The molecule has 2 heterocycles. The van der Waals surface area contributed by atoms with E-state index >= 15 is 0 Å². The maximum atomic E-state index is 13.6. The molecule has 156 valence electrons. The summed E-state index contributed by atoms with van der Waals surface area (Å²) in [6.45, 7) is 7.74. The van der Waals surface area contributed by atoms with E-state index in [0.717, 1.165) is 42.6 Å². The van der Waals surface area contributed by atoms with Crippen LogP contribution in [-0.2, 0) is 9.59 Å². The fraction of sp³-hybridized carbons (Fsp3) is 0.333. The van der Waals surface area contributed by atoms with Crippen LogP contribution in [-0.4, -0.2) is 29.8 Å². The van der Waals surface area contributed by atoms with Crippen LogP contribution in [0.3, 0.4) is 0 Å². The fourth-order valence-corrected chi connectivity index (χ4v) is 4.78. The minimum absolute atomic E-state index is 0.319. The Morgan fingerprint density at radius 1 is 0.933 bits per heavy atom. The predicted octanol–water partition coefficient (Wildman–Crippen LogP) is 5.63. The van der Waals surface area contributed by atoms with Gasteiger partial charge < -0.3 is 4.90 Å². The first-order valence-electron chi connectivity index (χ1n) is 10.2. The van der Waals surface area contributed by atoms with Crippen molar-refractivity contribution < 1.29 is 9.59 Å². The highest BCUT2D eigenvalue weighted by atomic mass is 35.5. The van der Waals surface area contributed by atoms with Gasteiger partial charge in [-0.1, -0.05) is 48.3 Å². The van der Waals surface area contributed by atoms with E-state index in [-0.39, 0.29) is 11.8 Å². The molecule has 2 aliphatic heterocycles. The van der Waals surface area contributed by atoms with E-state index in [1.165, 1.54) is 4.90 Å². The SMILES string of the molecule is Cc1ccc(C2=C(N3CCCC(C)C3)C(=O)N(c3cc(Cl)cc(Cl)c3)C2=O)cc1C. The summed E-state index contributed by atoms with van der Waals surface area (Å²) in [5.41, 5.74) is 4.31. The maximum absolute atomic E-state index is 13.6. The zero-order valence-electron chi connectivity index (χ0n) is 17.3. The minimum Gasteiger partial charge on any atom is -0.366 e. The molecule has 2 aromatic rings. The number of carbonyl (C=O) groups is 2. The number of halogens is 2. The molecular weight excluding hydrogens is 419 g/mol. The second-order valence-corrected chi connectivity index (χ2v) is 9.16. The Bertz CT molecular complexity index is 1060. The van der Waals surface area contributed by atoms with E-state index in [0.29, 0.717) is 32.9 Å². The third kappa shape index (κ3) is 3.75. The summed E-state index contributed by atoms with van der Waals surface area (Å²) >= 11 is 12.3. The van der Waals surface area contributed by atoms with Crippen LogP contribution in [0, 0.1) is 19.8 Å². The summed E-state index contributed by atoms with van der Waals surface area (Å²) in [6, 6.07) is 10.7. The standard InChI is InChI=1S/C24H24Cl2N2O2/c1-14-5-4-8-27(13-14)22-21(17-7-6-15(2)16(3)9-17)23(29)28(24(22)30)20-11-18(25)10-19(26)12-20/h6-7,9-12,14H,4-5,8,13H2,1-3H3. The van der Waals surface area contributed by atoms with Crippen LogP contribution in [0.15, 0.2) is 42.1 Å². The lowest BCUT2D eigenvalue weighted by atomic mass is 9.96. The minimum atomic E-state index is -0.338. The van der Waals surface area contributed by atoms with Crippen molar-refractivity contribution in [1.82, 2.24) is 4.90 Å². The average molecular weight is 443 g/mol. The molecular formula is C24H24Cl2N2O2. The molecule has 0 spiro atoms. The molecule has 6 heteroatoms. The zero-order chi connectivity index (χ0) is 21.6. The van der Waals surface area contributed by atoms with Crippen LogP contribution < -0.4 is 4.90 Å². The number of amides is 2. The van der Waals surface area contributed by atoms with E-state index < -0.39 is 0 Å². The zero-order valence-corrected chi connectivity index (χ0v) is 18.8. The second-order valence-electron chi connectivity index (χ2n) is 8.29. The van der Waals surface area contributed by atoms with E-state index in [1.807, 2.05) is 32.0 Å². The van der Waals surface area contributed by atoms with E-state index in [2.05, 4.69) is 11.8 Å². The quantitative estimate of drug-likeness (QED) is 0.578. The van der Waals surface area contributed by atoms with Gasteiger partial charge in [0, 0.05) is 23.1 Å². The van der Waals surface area contributed by atoms with Gasteiger partial charge in [-0.2, -0.15) is 0 Å². The van der Waals surface area contributed by atoms with Crippen molar-refractivity contribution in [2.75, 3.05) is 18.0 Å². The molecule has 2 aromatic carbocycles. The second kappa shape index (κ2) is 8.09. The highest BCUT2D eigenvalue weighted by Crippen LogP contribution is 2.38. The molecule has 30 heavy (non-hydrogen) atoms. The Labute approximate surface area is 187 Å². The van der Waals surface area contributed by atoms with Gasteiger partial charge in [-0.05, 0) is 67.5 Å². The van der Waals surface area contributed by atoms with Gasteiger partial charge in [0.15, 0.2) is 0 Å². The molecule has 0 saturated carbocycles. The number of nitrogens with zero attached hydrogens (tertiary/aromatic N) is 2. The monoisotopic (exact) mass is 442 g/mol. The van der Waals surface area contributed by atoms with Gasteiger partial charge in [0.25, 0.3) is 11.8 Å². The Balaban J connectivity index is 1.86. The summed E-state index contributed by atoms with van der Waals surface area (Å²) in [7, 11) is 0. The summed E-state index contributed by atoms with van der Waals surface area (Å²) in [5, 5.41) is 0.761. The largest absolute Gasteiger partial charge is 0.366 e. The number of imide groups is 1. The number of benzene rings is 2. The first-order valence-corrected chi connectivity index (χ1v) is 10.9. The van der Waals surface area contributed by atoms with Crippen molar-refractivity contribution >= 4 is 46.3 Å². The van der Waals surface area contributed by atoms with Crippen LogP contribution in [0.4, 0.5) is 5.69 Å². The number of likely N-dealkylation sites (tertiary alicyclic amines) is 1. The number of anilines is 1. The molecule has 1 fully saturated rings. The van der Waals surface area contributed by atoms with Gasteiger partial charge >= 0.3 is 0 Å². The maximum Gasteiger partial charge on any atom is 0.282 e. The lowest BCUT2D eigenvalue weighted by Gasteiger charge is -2.33. The van der Waals surface area contributed by atoms with Crippen molar-refractivity contribution in [3.05, 3.63) is 68.8 Å². The first kappa shape index (κ1) is 21.0. The number of carbonyl (C=O) groups excluding carboxylic acids is 2. The molecule has 0 N–H and O–H groups in total. The van der Waals surface area contributed by atoms with Crippen LogP contribution in [0.2, 0.25) is 10.0 Å².